The minimum Gasteiger partial charge on any atom is -0.370 e. The lowest BCUT2D eigenvalue weighted by molar-refractivity contribution is -0.0107. The van der Waals surface area contributed by atoms with Crippen LogP contribution in [0.5, 0.6) is 0 Å². The molecule has 1 aromatic rings. The van der Waals surface area contributed by atoms with Gasteiger partial charge in [-0.3, -0.25) is 0 Å². The number of halogens is 1. The SMILES string of the molecule is CC1CN(c2ncncc2I)CC(CN)O1. The molecule has 2 atom stereocenters. The third-order valence-corrected chi connectivity index (χ3v) is 3.30. The lowest BCUT2D eigenvalue weighted by atomic mass is 10.2. The van der Waals surface area contributed by atoms with Gasteiger partial charge in [0.2, 0.25) is 0 Å². The molecule has 2 unspecified atom stereocenters. The van der Waals surface area contributed by atoms with Gasteiger partial charge in [0, 0.05) is 25.8 Å². The van der Waals surface area contributed by atoms with Crippen molar-refractivity contribution < 1.29 is 4.74 Å². The number of morpholine rings is 1. The van der Waals surface area contributed by atoms with E-state index in [1.54, 1.807) is 6.33 Å². The Bertz CT molecular complexity index is 362. The molecule has 0 amide bonds. The van der Waals surface area contributed by atoms with E-state index in [0.717, 1.165) is 22.5 Å². The first-order valence-corrected chi connectivity index (χ1v) is 6.34. The van der Waals surface area contributed by atoms with E-state index >= 15 is 0 Å². The van der Waals surface area contributed by atoms with Crippen LogP contribution in [0.2, 0.25) is 0 Å². The molecule has 2 N–H and O–H groups in total. The second-order valence-electron chi connectivity index (χ2n) is 3.90. The van der Waals surface area contributed by atoms with Gasteiger partial charge in [0.1, 0.15) is 12.1 Å². The van der Waals surface area contributed by atoms with Crippen LogP contribution in [-0.2, 0) is 4.74 Å². The van der Waals surface area contributed by atoms with E-state index in [2.05, 4.69) is 44.4 Å². The van der Waals surface area contributed by atoms with Gasteiger partial charge in [-0.15, -0.1) is 0 Å². The monoisotopic (exact) mass is 334 g/mol. The normalized spacial score (nSPS) is 25.8. The number of nitrogens with two attached hydrogens (primary N) is 1. The van der Waals surface area contributed by atoms with Crippen LogP contribution >= 0.6 is 22.6 Å². The van der Waals surface area contributed by atoms with Crippen LogP contribution in [0, 0.1) is 3.57 Å². The van der Waals surface area contributed by atoms with Crippen LogP contribution in [0.25, 0.3) is 0 Å². The van der Waals surface area contributed by atoms with E-state index in [1.807, 2.05) is 6.20 Å². The van der Waals surface area contributed by atoms with E-state index < -0.39 is 0 Å². The van der Waals surface area contributed by atoms with Gasteiger partial charge in [-0.05, 0) is 29.5 Å². The fourth-order valence-electron chi connectivity index (χ4n) is 1.89. The molecule has 6 heteroatoms. The molecule has 2 rings (SSSR count). The molecule has 0 bridgehead atoms. The van der Waals surface area contributed by atoms with Gasteiger partial charge < -0.3 is 15.4 Å². The maximum absolute atomic E-state index is 5.71. The summed E-state index contributed by atoms with van der Waals surface area (Å²) >= 11 is 2.25. The predicted octanol–water partition coefficient (Wildman–Crippen LogP) is 0.634. The van der Waals surface area contributed by atoms with Crippen molar-refractivity contribution in [2.75, 3.05) is 24.5 Å². The molecular weight excluding hydrogens is 319 g/mol. The summed E-state index contributed by atoms with van der Waals surface area (Å²) in [6.45, 7) is 4.25. The highest BCUT2D eigenvalue weighted by molar-refractivity contribution is 14.1. The van der Waals surface area contributed by atoms with Gasteiger partial charge >= 0.3 is 0 Å². The van der Waals surface area contributed by atoms with Crippen molar-refractivity contribution in [1.82, 2.24) is 9.97 Å². The van der Waals surface area contributed by atoms with Crippen LogP contribution in [-0.4, -0.2) is 41.8 Å². The van der Waals surface area contributed by atoms with Crippen molar-refractivity contribution in [2.45, 2.75) is 19.1 Å². The topological polar surface area (TPSA) is 64.3 Å². The van der Waals surface area contributed by atoms with Gasteiger partial charge in [-0.1, -0.05) is 0 Å². The van der Waals surface area contributed by atoms with Gasteiger partial charge in [0.05, 0.1) is 15.8 Å². The minimum atomic E-state index is 0.0921. The minimum absolute atomic E-state index is 0.0921. The summed E-state index contributed by atoms with van der Waals surface area (Å²) in [5.74, 6) is 0.976. The third kappa shape index (κ3) is 2.61. The molecule has 1 aliphatic rings. The average molecular weight is 334 g/mol. The molecule has 0 radical (unpaired) electrons. The van der Waals surface area contributed by atoms with Gasteiger partial charge in [0.25, 0.3) is 0 Å². The van der Waals surface area contributed by atoms with Crippen molar-refractivity contribution in [3.63, 3.8) is 0 Å². The Labute approximate surface area is 109 Å². The number of nitrogens with zero attached hydrogens (tertiary/aromatic N) is 3. The Balaban J connectivity index is 2.17. The zero-order valence-corrected chi connectivity index (χ0v) is 11.3. The van der Waals surface area contributed by atoms with E-state index in [9.17, 15) is 0 Å². The second-order valence-corrected chi connectivity index (χ2v) is 5.07. The number of ether oxygens (including phenoxy) is 1. The van der Waals surface area contributed by atoms with E-state index in [0.29, 0.717) is 6.54 Å². The highest BCUT2D eigenvalue weighted by atomic mass is 127. The van der Waals surface area contributed by atoms with E-state index in [4.69, 9.17) is 10.5 Å². The first-order chi connectivity index (χ1) is 7.70. The Morgan fingerprint density at radius 2 is 2.44 bits per heavy atom. The third-order valence-electron chi connectivity index (χ3n) is 2.54. The molecule has 1 aliphatic heterocycles. The fourth-order valence-corrected chi connectivity index (χ4v) is 2.53. The predicted molar refractivity (Wildman–Crippen MR) is 70.4 cm³/mol. The number of anilines is 1. The van der Waals surface area contributed by atoms with E-state index in [1.165, 1.54) is 0 Å². The summed E-state index contributed by atoms with van der Waals surface area (Å²) in [6.07, 6.45) is 3.68. The number of hydrogen-bond acceptors (Lipinski definition) is 5. The van der Waals surface area contributed by atoms with Crippen LogP contribution in [0.15, 0.2) is 12.5 Å². The van der Waals surface area contributed by atoms with Gasteiger partial charge in [0.15, 0.2) is 0 Å². The smallest absolute Gasteiger partial charge is 0.145 e. The molecule has 1 aromatic heterocycles. The molecule has 2 heterocycles. The lowest BCUT2D eigenvalue weighted by Gasteiger charge is -2.37. The highest BCUT2D eigenvalue weighted by Gasteiger charge is 2.26. The summed E-state index contributed by atoms with van der Waals surface area (Å²) in [5, 5.41) is 0. The summed E-state index contributed by atoms with van der Waals surface area (Å²) in [4.78, 5) is 10.5. The van der Waals surface area contributed by atoms with Crippen molar-refractivity contribution in [2.24, 2.45) is 5.73 Å². The largest absolute Gasteiger partial charge is 0.370 e. The second kappa shape index (κ2) is 5.24. The Morgan fingerprint density at radius 3 is 3.12 bits per heavy atom. The lowest BCUT2D eigenvalue weighted by Crippen LogP contribution is -2.49. The summed E-state index contributed by atoms with van der Waals surface area (Å²) in [6, 6.07) is 0. The molecule has 1 fully saturated rings. The zero-order chi connectivity index (χ0) is 11.5. The van der Waals surface area contributed by atoms with Crippen molar-refractivity contribution >= 4 is 28.4 Å². The van der Waals surface area contributed by atoms with Crippen LogP contribution in [0.3, 0.4) is 0 Å². The molecule has 0 aliphatic carbocycles. The molecule has 1 saturated heterocycles. The molecule has 0 saturated carbocycles. The molecule has 88 valence electrons. The van der Waals surface area contributed by atoms with Crippen LogP contribution in [0.1, 0.15) is 6.92 Å². The summed E-state index contributed by atoms with van der Waals surface area (Å²) in [5.41, 5.74) is 5.66. The van der Waals surface area contributed by atoms with Crippen molar-refractivity contribution in [3.8, 4) is 0 Å². The quantitative estimate of drug-likeness (QED) is 0.804. The number of aromatic nitrogens is 2. The number of rotatable bonds is 2. The number of hydrogen-bond donors (Lipinski definition) is 1. The molecule has 5 nitrogen and oxygen atoms in total. The first-order valence-electron chi connectivity index (χ1n) is 5.26. The van der Waals surface area contributed by atoms with Crippen LogP contribution < -0.4 is 10.6 Å². The van der Waals surface area contributed by atoms with Crippen LogP contribution in [0.4, 0.5) is 5.82 Å². The zero-order valence-electron chi connectivity index (χ0n) is 9.14. The molecular formula is C10H15IN4O. The Kier molecular flexibility index (Phi) is 3.93. The fraction of sp³-hybridized carbons (Fsp3) is 0.600. The summed E-state index contributed by atoms with van der Waals surface area (Å²) < 4.78 is 6.77. The Morgan fingerprint density at radius 1 is 1.62 bits per heavy atom. The molecule has 16 heavy (non-hydrogen) atoms. The summed E-state index contributed by atoms with van der Waals surface area (Å²) in [7, 11) is 0. The Hall–Kier alpha value is -0.470. The van der Waals surface area contributed by atoms with E-state index in [-0.39, 0.29) is 12.2 Å². The van der Waals surface area contributed by atoms with Gasteiger partial charge in [-0.25, -0.2) is 9.97 Å². The molecule has 0 spiro atoms. The maximum atomic E-state index is 5.71. The highest BCUT2D eigenvalue weighted by Crippen LogP contribution is 2.22. The first kappa shape index (κ1) is 12.0. The van der Waals surface area contributed by atoms with Crippen molar-refractivity contribution in [3.05, 3.63) is 16.1 Å². The standard InChI is InChI=1S/C10H15IN4O/c1-7-4-15(5-8(2-12)16-7)10-9(11)3-13-6-14-10/h3,6-8H,2,4-5,12H2,1H3. The maximum Gasteiger partial charge on any atom is 0.145 e. The molecule has 0 aromatic carbocycles. The van der Waals surface area contributed by atoms with Crippen molar-refractivity contribution in [1.29, 1.82) is 0 Å². The average Bonchev–Trinajstić information content (AvgIpc) is 2.28. The van der Waals surface area contributed by atoms with Gasteiger partial charge in [-0.2, -0.15) is 0 Å².